The number of carboxylic acid groups (broad SMARTS) is 1. The number of carbonyl (C=O) groups excluding carboxylic acids is 1. The minimum atomic E-state index is -1.35. The first kappa shape index (κ1) is 40.0. The number of aromatic carboxylic acids is 1. The van der Waals surface area contributed by atoms with Gasteiger partial charge in [-0.1, -0.05) is 30.3 Å². The van der Waals surface area contributed by atoms with Crippen molar-refractivity contribution in [1.29, 1.82) is 0 Å². The summed E-state index contributed by atoms with van der Waals surface area (Å²) < 4.78 is 22.8. The molecule has 304 valence electrons. The molecule has 4 unspecified atom stereocenters. The Balaban J connectivity index is 0.000000176. The van der Waals surface area contributed by atoms with Crippen LogP contribution < -0.4 is 27.1 Å². The third-order valence-electron chi connectivity index (χ3n) is 12.6. The van der Waals surface area contributed by atoms with E-state index in [1.54, 1.807) is 11.5 Å². The number of hydrogen-bond donors (Lipinski definition) is 6. The van der Waals surface area contributed by atoms with Crippen molar-refractivity contribution in [3.8, 4) is 0 Å². The molecule has 3 heterocycles. The first-order valence-electron chi connectivity index (χ1n) is 19.9. The zero-order valence-electron chi connectivity index (χ0n) is 32.9. The number of nitrogens with two attached hydrogens (primary N) is 2. The third-order valence-corrected chi connectivity index (χ3v) is 12.6. The number of hydrogen-bond acceptors (Lipinski definition) is 10. The second-order valence-corrected chi connectivity index (χ2v) is 17.9. The summed E-state index contributed by atoms with van der Waals surface area (Å²) in [7, 11) is 0. The number of aliphatic hydroxyl groups is 2. The lowest BCUT2D eigenvalue weighted by Crippen LogP contribution is -2.47. The van der Waals surface area contributed by atoms with Crippen LogP contribution in [-0.2, 0) is 11.3 Å². The van der Waals surface area contributed by atoms with Gasteiger partial charge in [0.15, 0.2) is 5.82 Å². The highest BCUT2D eigenvalue weighted by molar-refractivity contribution is 6.01. The molecule has 3 saturated carbocycles. The average Bonchev–Trinajstić information content (AvgIpc) is 4.11. The van der Waals surface area contributed by atoms with Crippen LogP contribution in [-0.4, -0.2) is 92.9 Å². The fraction of sp³-hybridized carbons (Fsp3) is 0.595. The van der Waals surface area contributed by atoms with Crippen LogP contribution in [0.25, 0.3) is 10.9 Å². The van der Waals surface area contributed by atoms with Gasteiger partial charge in [-0.05, 0) is 77.3 Å². The third kappa shape index (κ3) is 7.85. The number of aliphatic hydroxyl groups excluding tert-OH is 2. The van der Waals surface area contributed by atoms with Gasteiger partial charge in [0.1, 0.15) is 11.2 Å². The van der Waals surface area contributed by atoms with E-state index in [1.165, 1.54) is 11.8 Å². The maximum atomic E-state index is 15.6. The normalized spacial score (nSPS) is 25.1. The van der Waals surface area contributed by atoms with Gasteiger partial charge in [0, 0.05) is 92.9 Å². The molecule has 1 amide bonds. The Hall–Kier alpha value is -4.24. The van der Waals surface area contributed by atoms with Crippen molar-refractivity contribution in [2.45, 2.75) is 95.5 Å². The van der Waals surface area contributed by atoms with Crippen molar-refractivity contribution in [3.05, 3.63) is 69.3 Å². The number of likely N-dealkylation sites (tertiary alicyclic amines) is 1. The number of nitrogen functional groups attached to an aromatic ring is 1. The number of halogens is 1. The van der Waals surface area contributed by atoms with Gasteiger partial charge in [0.2, 0.25) is 5.43 Å². The standard InChI is InChI=1S/C22H27FN4O4.C20H30N2O3/c1-10-18-15(20(29)13(21(30)31)7-27(18)12-2-3-12)17(24)16(23)19(10)26-6-11(9-28)14(8-26)22(25)4-5-22;1-19(2,3)25-18(24)21-20(9-10-20)17-13-22(12-16(17)14-23)11-15-7-5-4-6-8-15/h7,11-12,14,28H,2-6,8-9,24-25H2,1H3,(H,30,31);4-8,16-17,23H,9-14H2,1-3H3,(H,21,24). The molecule has 2 aromatic carbocycles. The van der Waals surface area contributed by atoms with Gasteiger partial charge in [-0.2, -0.15) is 0 Å². The molecule has 5 aliphatic rings. The predicted octanol–water partition coefficient (Wildman–Crippen LogP) is 4.38. The van der Waals surface area contributed by atoms with Gasteiger partial charge >= 0.3 is 12.1 Å². The first-order valence-corrected chi connectivity index (χ1v) is 19.9. The Bertz CT molecular complexity index is 2040. The highest BCUT2D eigenvalue weighted by Crippen LogP contribution is 2.50. The van der Waals surface area contributed by atoms with E-state index in [2.05, 4.69) is 34.5 Å². The van der Waals surface area contributed by atoms with Crippen molar-refractivity contribution in [2.75, 3.05) is 50.0 Å². The maximum absolute atomic E-state index is 15.6. The van der Waals surface area contributed by atoms with Crippen molar-refractivity contribution in [3.63, 3.8) is 0 Å². The summed E-state index contributed by atoms with van der Waals surface area (Å²) in [4.78, 5) is 41.0. The van der Waals surface area contributed by atoms with Gasteiger partial charge in [-0.15, -0.1) is 0 Å². The number of aromatic nitrogens is 1. The SMILES string of the molecule is CC(C)(C)OC(=O)NC1(C2CN(Cc3ccccc3)CC2CO)CC1.Cc1c(N2CC(CO)C(C3(N)CC3)C2)c(F)c(N)c2c(=O)c(C(=O)O)cn(C3CC3)c12. The van der Waals surface area contributed by atoms with Crippen LogP contribution in [0.2, 0.25) is 0 Å². The Morgan fingerprint density at radius 3 is 2.18 bits per heavy atom. The number of nitrogens with one attached hydrogen (secondary N) is 1. The highest BCUT2D eigenvalue weighted by atomic mass is 19.1. The zero-order valence-corrected chi connectivity index (χ0v) is 32.9. The lowest BCUT2D eigenvalue weighted by atomic mass is 9.87. The second-order valence-electron chi connectivity index (χ2n) is 17.9. The summed E-state index contributed by atoms with van der Waals surface area (Å²) in [6.45, 7) is 11.1. The van der Waals surface area contributed by atoms with E-state index in [4.69, 9.17) is 16.2 Å². The summed E-state index contributed by atoms with van der Waals surface area (Å²) in [6, 6.07) is 10.5. The number of carboxylic acids is 1. The topological polar surface area (TPSA) is 197 Å². The molecule has 13 nitrogen and oxygen atoms in total. The summed E-state index contributed by atoms with van der Waals surface area (Å²) in [5.74, 6) is -1.62. The van der Waals surface area contributed by atoms with E-state index in [1.807, 2.05) is 31.7 Å². The largest absolute Gasteiger partial charge is 0.477 e. The first-order chi connectivity index (χ1) is 26.5. The fourth-order valence-corrected chi connectivity index (χ4v) is 9.33. The molecule has 8 rings (SSSR count). The Labute approximate surface area is 326 Å². The van der Waals surface area contributed by atoms with Crippen molar-refractivity contribution >= 4 is 34.3 Å². The number of ether oxygens (including phenoxy) is 1. The molecule has 3 aliphatic carbocycles. The van der Waals surface area contributed by atoms with E-state index in [0.29, 0.717) is 29.9 Å². The molecule has 3 aromatic rings. The molecule has 0 bridgehead atoms. The predicted molar refractivity (Wildman–Crippen MR) is 212 cm³/mol. The van der Waals surface area contributed by atoms with Gasteiger partial charge < -0.3 is 46.3 Å². The number of fused-ring (bicyclic) bond motifs is 1. The number of pyridine rings is 1. The van der Waals surface area contributed by atoms with Gasteiger partial charge in [0.05, 0.1) is 22.3 Å². The molecular formula is C42H57FN6O7. The van der Waals surface area contributed by atoms with Gasteiger partial charge in [-0.3, -0.25) is 9.69 Å². The minimum absolute atomic E-state index is 0.0292. The Morgan fingerprint density at radius 1 is 0.982 bits per heavy atom. The Kier molecular flexibility index (Phi) is 10.7. The summed E-state index contributed by atoms with van der Waals surface area (Å²) in [5, 5.41) is 32.3. The second kappa shape index (κ2) is 14.9. The van der Waals surface area contributed by atoms with Crippen LogP contribution in [0.5, 0.6) is 0 Å². The minimum Gasteiger partial charge on any atom is -0.477 e. The number of anilines is 2. The van der Waals surface area contributed by atoms with Crippen LogP contribution >= 0.6 is 0 Å². The van der Waals surface area contributed by atoms with Crippen LogP contribution in [0.15, 0.2) is 41.3 Å². The number of benzene rings is 2. The summed E-state index contributed by atoms with van der Waals surface area (Å²) >= 11 is 0. The highest BCUT2D eigenvalue weighted by Gasteiger charge is 2.56. The maximum Gasteiger partial charge on any atom is 0.408 e. The molecule has 0 radical (unpaired) electrons. The van der Waals surface area contributed by atoms with Gasteiger partial charge in [0.25, 0.3) is 0 Å². The molecule has 2 saturated heterocycles. The lowest BCUT2D eigenvalue weighted by molar-refractivity contribution is 0.0456. The van der Waals surface area contributed by atoms with E-state index < -0.39 is 28.4 Å². The zero-order chi connectivity index (χ0) is 40.3. The molecule has 56 heavy (non-hydrogen) atoms. The summed E-state index contributed by atoms with van der Waals surface area (Å²) in [6.07, 6.45) is 6.45. The van der Waals surface area contributed by atoms with Crippen molar-refractivity contribution < 1.29 is 34.0 Å². The summed E-state index contributed by atoms with van der Waals surface area (Å²) in [5.41, 5.74) is 12.7. The number of rotatable bonds is 10. The molecular weight excluding hydrogens is 719 g/mol. The molecule has 2 aliphatic heterocycles. The number of aryl methyl sites for hydroxylation is 1. The van der Waals surface area contributed by atoms with Crippen LogP contribution in [0.4, 0.5) is 20.6 Å². The van der Waals surface area contributed by atoms with E-state index in [0.717, 1.165) is 58.2 Å². The molecule has 14 heteroatoms. The number of alkyl carbamates (subject to hydrolysis) is 1. The lowest BCUT2D eigenvalue weighted by Gasteiger charge is -2.29. The van der Waals surface area contributed by atoms with Crippen LogP contribution in [0.1, 0.15) is 86.8 Å². The Morgan fingerprint density at radius 2 is 1.62 bits per heavy atom. The molecule has 4 atom stereocenters. The number of carbonyl (C=O) groups is 2. The quantitative estimate of drug-likeness (QED) is 0.160. The van der Waals surface area contributed by atoms with Crippen LogP contribution in [0.3, 0.4) is 0 Å². The molecule has 1 aromatic heterocycles. The monoisotopic (exact) mass is 776 g/mol. The van der Waals surface area contributed by atoms with Crippen molar-refractivity contribution in [2.24, 2.45) is 29.4 Å². The van der Waals surface area contributed by atoms with Crippen LogP contribution in [0, 0.1) is 36.4 Å². The van der Waals surface area contributed by atoms with E-state index in [-0.39, 0.29) is 71.2 Å². The van der Waals surface area contributed by atoms with E-state index in [9.17, 15) is 29.7 Å². The fourth-order valence-electron chi connectivity index (χ4n) is 9.33. The molecule has 0 spiro atoms. The number of amides is 1. The molecule has 8 N–H and O–H groups in total. The number of nitrogens with zero attached hydrogens (tertiary/aromatic N) is 3. The van der Waals surface area contributed by atoms with Gasteiger partial charge in [-0.25, -0.2) is 14.0 Å². The van der Waals surface area contributed by atoms with E-state index >= 15 is 4.39 Å². The van der Waals surface area contributed by atoms with Crippen molar-refractivity contribution in [1.82, 2.24) is 14.8 Å². The average molecular weight is 777 g/mol. The molecule has 5 fully saturated rings. The smallest absolute Gasteiger partial charge is 0.408 e.